The molecule has 0 aliphatic rings. The smallest absolute Gasteiger partial charge is 0.333 e. The number of carbonyl (C=O) groups is 1. The average molecular weight is 329 g/mol. The Morgan fingerprint density at radius 3 is 2.33 bits per heavy atom. The lowest BCUT2D eigenvalue weighted by molar-refractivity contribution is -0.144. The van der Waals surface area contributed by atoms with Crippen LogP contribution in [0.2, 0.25) is 0 Å². The zero-order valence-corrected chi connectivity index (χ0v) is 14.5. The van der Waals surface area contributed by atoms with E-state index in [1.54, 1.807) is 12.1 Å². The van der Waals surface area contributed by atoms with Crippen LogP contribution in [0.3, 0.4) is 0 Å². The Morgan fingerprint density at radius 2 is 1.58 bits per heavy atom. The first kappa shape index (κ1) is 18.2. The van der Waals surface area contributed by atoms with Gasteiger partial charge in [0.15, 0.2) is 0 Å². The van der Waals surface area contributed by atoms with Crippen LogP contribution < -0.4 is 10.4 Å². The van der Waals surface area contributed by atoms with E-state index in [0.717, 1.165) is 29.4 Å². The lowest BCUT2D eigenvalue weighted by Gasteiger charge is -2.09. The zero-order valence-electron chi connectivity index (χ0n) is 14.5. The van der Waals surface area contributed by atoms with Gasteiger partial charge in [-0.25, -0.2) is 4.79 Å². The maximum atomic E-state index is 12.0. The minimum atomic E-state index is -0.348. The molecular formula is C20H27NO3. The highest BCUT2D eigenvalue weighted by molar-refractivity contribution is 5.79. The summed E-state index contributed by atoms with van der Waals surface area (Å²) in [5.74, 6) is -0.348. The van der Waals surface area contributed by atoms with Crippen molar-refractivity contribution in [2.24, 2.45) is 0 Å². The van der Waals surface area contributed by atoms with E-state index >= 15 is 0 Å². The number of para-hydroxylation sites is 1. The minimum Gasteiger partial charge on any atom is -0.333 e. The van der Waals surface area contributed by atoms with Gasteiger partial charge in [-0.3, -0.25) is 4.79 Å². The lowest BCUT2D eigenvalue weighted by atomic mass is 10.1. The van der Waals surface area contributed by atoms with Crippen molar-refractivity contribution in [3.05, 3.63) is 46.8 Å². The predicted octanol–water partition coefficient (Wildman–Crippen LogP) is 4.49. The average Bonchev–Trinajstić information content (AvgIpc) is 2.60. The molecule has 0 N–H and O–H groups in total. The highest BCUT2D eigenvalue weighted by Crippen LogP contribution is 2.11. The molecule has 1 aromatic heterocycles. The number of rotatable bonds is 10. The van der Waals surface area contributed by atoms with E-state index in [4.69, 9.17) is 4.84 Å². The molecule has 0 saturated heterocycles. The van der Waals surface area contributed by atoms with E-state index in [1.165, 1.54) is 38.2 Å². The molecule has 0 fully saturated rings. The van der Waals surface area contributed by atoms with Gasteiger partial charge in [-0.15, -0.1) is 4.73 Å². The van der Waals surface area contributed by atoms with Gasteiger partial charge in [0, 0.05) is 17.9 Å². The summed E-state index contributed by atoms with van der Waals surface area (Å²) >= 11 is 0. The van der Waals surface area contributed by atoms with E-state index in [9.17, 15) is 9.59 Å². The molecule has 0 atom stereocenters. The van der Waals surface area contributed by atoms with Crippen LogP contribution in [-0.2, 0) is 4.79 Å². The van der Waals surface area contributed by atoms with Crippen LogP contribution in [0.25, 0.3) is 10.9 Å². The van der Waals surface area contributed by atoms with Crippen molar-refractivity contribution < 1.29 is 9.63 Å². The fourth-order valence-electron chi connectivity index (χ4n) is 2.81. The second-order valence-electron chi connectivity index (χ2n) is 6.21. The number of unbranched alkanes of at least 4 members (excludes halogenated alkanes) is 7. The summed E-state index contributed by atoms with van der Waals surface area (Å²) < 4.78 is 1.10. The number of nitrogens with zero attached hydrogens (tertiary/aromatic N) is 1. The van der Waals surface area contributed by atoms with Gasteiger partial charge in [-0.2, -0.15) is 0 Å². The highest BCUT2D eigenvalue weighted by atomic mass is 16.7. The van der Waals surface area contributed by atoms with Crippen LogP contribution in [-0.4, -0.2) is 10.7 Å². The summed E-state index contributed by atoms with van der Waals surface area (Å²) in [7, 11) is 0. The molecule has 0 unspecified atom stereocenters. The molecule has 130 valence electrons. The molecule has 4 heteroatoms. The van der Waals surface area contributed by atoms with Gasteiger partial charge in [-0.1, -0.05) is 70.1 Å². The summed E-state index contributed by atoms with van der Waals surface area (Å²) in [5.41, 5.74) is 0.298. The molecule has 0 radical (unpaired) electrons. The van der Waals surface area contributed by atoms with E-state index in [0.29, 0.717) is 11.9 Å². The molecule has 0 aliphatic carbocycles. The number of benzene rings is 1. The minimum absolute atomic E-state index is 0.321. The normalized spacial score (nSPS) is 10.9. The van der Waals surface area contributed by atoms with Gasteiger partial charge < -0.3 is 4.84 Å². The lowest BCUT2D eigenvalue weighted by Crippen LogP contribution is -2.30. The van der Waals surface area contributed by atoms with Crippen LogP contribution in [0.15, 0.2) is 41.2 Å². The Balaban J connectivity index is 1.77. The Labute approximate surface area is 143 Å². The first-order valence-corrected chi connectivity index (χ1v) is 9.04. The zero-order chi connectivity index (χ0) is 17.2. The van der Waals surface area contributed by atoms with Crippen molar-refractivity contribution in [2.45, 2.75) is 64.7 Å². The molecule has 4 nitrogen and oxygen atoms in total. The topological polar surface area (TPSA) is 48.3 Å². The summed E-state index contributed by atoms with van der Waals surface area (Å²) in [6, 6.07) is 10.5. The van der Waals surface area contributed by atoms with Crippen LogP contribution >= 0.6 is 0 Å². The van der Waals surface area contributed by atoms with Crippen molar-refractivity contribution in [3.63, 3.8) is 0 Å². The van der Waals surface area contributed by atoms with E-state index in [2.05, 4.69) is 6.92 Å². The molecule has 1 aromatic carbocycles. The number of hydrogen-bond acceptors (Lipinski definition) is 3. The molecular weight excluding hydrogens is 302 g/mol. The van der Waals surface area contributed by atoms with Crippen molar-refractivity contribution >= 4 is 16.9 Å². The van der Waals surface area contributed by atoms with Crippen LogP contribution in [0, 0.1) is 0 Å². The second-order valence-corrected chi connectivity index (χ2v) is 6.21. The third kappa shape index (κ3) is 5.52. The third-order valence-corrected chi connectivity index (χ3v) is 4.19. The number of pyridine rings is 1. The predicted molar refractivity (Wildman–Crippen MR) is 97.0 cm³/mol. The van der Waals surface area contributed by atoms with Gasteiger partial charge in [0.05, 0.1) is 5.52 Å². The molecule has 0 saturated carbocycles. The maximum absolute atomic E-state index is 12.0. The second kappa shape index (κ2) is 9.91. The fourth-order valence-corrected chi connectivity index (χ4v) is 2.81. The van der Waals surface area contributed by atoms with Crippen molar-refractivity contribution in [3.8, 4) is 0 Å². The first-order chi connectivity index (χ1) is 11.7. The number of hydrogen-bond donors (Lipinski definition) is 0. The fraction of sp³-hybridized carbons (Fsp3) is 0.500. The van der Waals surface area contributed by atoms with Crippen LogP contribution in [0.1, 0.15) is 64.7 Å². The van der Waals surface area contributed by atoms with Crippen molar-refractivity contribution in [1.82, 2.24) is 4.73 Å². The molecule has 24 heavy (non-hydrogen) atoms. The molecule has 0 spiro atoms. The summed E-state index contributed by atoms with van der Waals surface area (Å²) in [5, 5.41) is 0.872. The Morgan fingerprint density at radius 1 is 0.917 bits per heavy atom. The Hall–Kier alpha value is -2.10. The van der Waals surface area contributed by atoms with Gasteiger partial charge in [-0.05, 0) is 18.6 Å². The molecule has 0 bridgehead atoms. The third-order valence-electron chi connectivity index (χ3n) is 4.19. The molecule has 1 heterocycles. The maximum Gasteiger partial charge on any atom is 0.333 e. The molecule has 2 aromatic rings. The Bertz CT molecular complexity index is 705. The quantitative estimate of drug-likeness (QED) is 0.604. The SMILES string of the molecule is CCCCCCCCCCC(=O)On1c(=O)ccc2ccccc21. The van der Waals surface area contributed by atoms with E-state index < -0.39 is 0 Å². The summed E-state index contributed by atoms with van der Waals surface area (Å²) in [6.07, 6.45) is 9.75. The number of carbonyl (C=O) groups excluding carboxylic acids is 1. The monoisotopic (exact) mass is 329 g/mol. The molecule has 2 rings (SSSR count). The van der Waals surface area contributed by atoms with Crippen molar-refractivity contribution in [1.29, 1.82) is 0 Å². The molecule has 0 aliphatic heterocycles. The van der Waals surface area contributed by atoms with Crippen LogP contribution in [0.4, 0.5) is 0 Å². The first-order valence-electron chi connectivity index (χ1n) is 9.04. The largest absolute Gasteiger partial charge is 0.333 e. The van der Waals surface area contributed by atoms with E-state index in [1.807, 2.05) is 18.2 Å². The van der Waals surface area contributed by atoms with Crippen LogP contribution in [0.5, 0.6) is 0 Å². The van der Waals surface area contributed by atoms with E-state index in [-0.39, 0.29) is 11.5 Å². The van der Waals surface area contributed by atoms with Gasteiger partial charge in [0.1, 0.15) is 0 Å². The summed E-state index contributed by atoms with van der Waals surface area (Å²) in [6.45, 7) is 2.22. The highest BCUT2D eigenvalue weighted by Gasteiger charge is 2.09. The standard InChI is InChI=1S/C20H27NO3/c1-2-3-4-5-6-7-8-9-14-20(23)24-21-18-13-11-10-12-17(18)15-16-19(21)22/h10-13,15-16H,2-9,14H2,1H3. The molecule has 0 amide bonds. The Kier molecular flexibility index (Phi) is 7.53. The van der Waals surface area contributed by atoms with Crippen molar-refractivity contribution in [2.75, 3.05) is 0 Å². The number of fused-ring (bicyclic) bond motifs is 1. The number of aromatic nitrogens is 1. The van der Waals surface area contributed by atoms with Gasteiger partial charge in [0.2, 0.25) is 0 Å². The van der Waals surface area contributed by atoms with Gasteiger partial charge >= 0.3 is 5.97 Å². The summed E-state index contributed by atoms with van der Waals surface area (Å²) in [4.78, 5) is 29.2. The van der Waals surface area contributed by atoms with Gasteiger partial charge in [0.25, 0.3) is 5.56 Å².